The molecule has 30 heavy (non-hydrogen) atoms. The van der Waals surface area contributed by atoms with Gasteiger partial charge in [0.1, 0.15) is 0 Å². The zero-order valence-corrected chi connectivity index (χ0v) is 17.6. The highest BCUT2D eigenvalue weighted by atomic mass is 32.1. The summed E-state index contributed by atoms with van der Waals surface area (Å²) in [6, 6.07) is 23.2. The van der Waals surface area contributed by atoms with Crippen LogP contribution in [0.5, 0.6) is 0 Å². The molecule has 5 heteroatoms. The Hall–Kier alpha value is -3.44. The van der Waals surface area contributed by atoms with E-state index in [9.17, 15) is 9.59 Å². The Morgan fingerprint density at radius 2 is 1.63 bits per heavy atom. The van der Waals surface area contributed by atoms with Gasteiger partial charge in [-0.05, 0) is 60.2 Å². The Balaban J connectivity index is 1.65. The fourth-order valence-corrected chi connectivity index (χ4v) is 4.48. The number of aryl methyl sites for hydroxylation is 1. The number of thiophene rings is 1. The molecule has 0 radical (unpaired) electrons. The second-order valence-electron chi connectivity index (χ2n) is 7.09. The first-order valence-corrected chi connectivity index (χ1v) is 10.4. The molecule has 0 spiro atoms. The van der Waals surface area contributed by atoms with E-state index in [0.29, 0.717) is 22.5 Å². The lowest BCUT2D eigenvalue weighted by molar-refractivity contribution is 0.0600. The molecule has 0 bridgehead atoms. The van der Waals surface area contributed by atoms with Gasteiger partial charge >= 0.3 is 5.97 Å². The summed E-state index contributed by atoms with van der Waals surface area (Å²) in [6.45, 7) is 2.06. The number of nitrogens with one attached hydrogen (secondary N) is 1. The van der Waals surface area contributed by atoms with Gasteiger partial charge in [-0.3, -0.25) is 4.79 Å². The zero-order chi connectivity index (χ0) is 21.1. The van der Waals surface area contributed by atoms with Crippen LogP contribution in [0, 0.1) is 6.92 Å². The second kappa shape index (κ2) is 8.51. The molecular formula is C25H21NO3S. The van der Waals surface area contributed by atoms with Crippen molar-refractivity contribution in [2.75, 3.05) is 12.4 Å². The standard InChI is InChI=1S/C25H21NO3S/c1-16-7-9-17(10-8-16)15-21-20-5-3-4-6-22(20)30-23(21)24(27)26-19-13-11-18(12-14-19)25(28)29-2/h3-14H,15H2,1-2H3,(H,26,27). The van der Waals surface area contributed by atoms with Crippen molar-refractivity contribution in [1.29, 1.82) is 0 Å². The number of esters is 1. The van der Waals surface area contributed by atoms with E-state index >= 15 is 0 Å². The number of fused-ring (bicyclic) bond motifs is 1. The molecule has 0 aliphatic rings. The van der Waals surface area contributed by atoms with Crippen LogP contribution in [0.2, 0.25) is 0 Å². The van der Waals surface area contributed by atoms with Gasteiger partial charge in [0.25, 0.3) is 5.91 Å². The van der Waals surface area contributed by atoms with E-state index in [4.69, 9.17) is 4.74 Å². The fraction of sp³-hybridized carbons (Fsp3) is 0.120. The van der Waals surface area contributed by atoms with Gasteiger partial charge in [0.15, 0.2) is 0 Å². The minimum absolute atomic E-state index is 0.149. The van der Waals surface area contributed by atoms with Crippen LogP contribution in [0.1, 0.15) is 36.7 Å². The smallest absolute Gasteiger partial charge is 0.337 e. The second-order valence-corrected chi connectivity index (χ2v) is 8.14. The van der Waals surface area contributed by atoms with Gasteiger partial charge < -0.3 is 10.1 Å². The normalized spacial score (nSPS) is 10.7. The van der Waals surface area contributed by atoms with Gasteiger partial charge in [-0.25, -0.2) is 4.79 Å². The molecule has 0 saturated heterocycles. The van der Waals surface area contributed by atoms with Crippen LogP contribution in [-0.2, 0) is 11.2 Å². The van der Waals surface area contributed by atoms with E-state index in [2.05, 4.69) is 42.6 Å². The number of rotatable bonds is 5. The molecule has 4 rings (SSSR count). The molecule has 1 heterocycles. The number of hydrogen-bond donors (Lipinski definition) is 1. The van der Waals surface area contributed by atoms with Gasteiger partial charge in [0.05, 0.1) is 17.6 Å². The number of methoxy groups -OCH3 is 1. The molecule has 4 aromatic rings. The summed E-state index contributed by atoms with van der Waals surface area (Å²) >= 11 is 1.50. The van der Waals surface area contributed by atoms with Crippen molar-refractivity contribution in [2.24, 2.45) is 0 Å². The summed E-state index contributed by atoms with van der Waals surface area (Å²) < 4.78 is 5.80. The number of amides is 1. The number of carbonyl (C=O) groups excluding carboxylic acids is 2. The van der Waals surface area contributed by atoms with Crippen LogP contribution in [0.3, 0.4) is 0 Å². The summed E-state index contributed by atoms with van der Waals surface area (Å²) in [5, 5.41) is 4.06. The molecule has 4 nitrogen and oxygen atoms in total. The minimum atomic E-state index is -0.405. The molecule has 0 aliphatic heterocycles. The van der Waals surface area contributed by atoms with Gasteiger partial charge in [-0.15, -0.1) is 11.3 Å². The summed E-state index contributed by atoms with van der Waals surface area (Å²) in [4.78, 5) is 25.4. The van der Waals surface area contributed by atoms with Crippen LogP contribution in [0.4, 0.5) is 5.69 Å². The Morgan fingerprint density at radius 3 is 2.33 bits per heavy atom. The molecule has 0 atom stereocenters. The third kappa shape index (κ3) is 4.11. The van der Waals surface area contributed by atoms with Crippen molar-refractivity contribution in [3.63, 3.8) is 0 Å². The largest absolute Gasteiger partial charge is 0.465 e. The molecule has 0 unspecified atom stereocenters. The maximum absolute atomic E-state index is 13.1. The predicted octanol–water partition coefficient (Wildman–Crippen LogP) is 5.84. The van der Waals surface area contributed by atoms with Crippen molar-refractivity contribution < 1.29 is 14.3 Å². The fourth-order valence-electron chi connectivity index (χ4n) is 3.36. The highest BCUT2D eigenvalue weighted by Crippen LogP contribution is 2.33. The molecule has 1 amide bonds. The van der Waals surface area contributed by atoms with Crippen LogP contribution in [0.25, 0.3) is 10.1 Å². The molecule has 1 aromatic heterocycles. The molecule has 0 aliphatic carbocycles. The highest BCUT2D eigenvalue weighted by molar-refractivity contribution is 7.21. The van der Waals surface area contributed by atoms with Gasteiger partial charge in [-0.2, -0.15) is 0 Å². The van der Waals surface area contributed by atoms with Gasteiger partial charge in [-0.1, -0.05) is 48.0 Å². The topological polar surface area (TPSA) is 55.4 Å². The van der Waals surface area contributed by atoms with E-state index < -0.39 is 5.97 Å². The third-order valence-electron chi connectivity index (χ3n) is 4.97. The summed E-state index contributed by atoms with van der Waals surface area (Å²) in [7, 11) is 1.34. The number of benzene rings is 3. The van der Waals surface area contributed by atoms with Crippen molar-refractivity contribution in [1.82, 2.24) is 0 Å². The first-order valence-electron chi connectivity index (χ1n) is 9.61. The monoisotopic (exact) mass is 415 g/mol. The Bertz CT molecular complexity index is 1210. The summed E-state index contributed by atoms with van der Waals surface area (Å²) in [6.07, 6.45) is 0.689. The molecule has 1 N–H and O–H groups in total. The third-order valence-corrected chi connectivity index (χ3v) is 6.18. The molecular weight excluding hydrogens is 394 g/mol. The Kier molecular flexibility index (Phi) is 5.63. The molecule has 3 aromatic carbocycles. The lowest BCUT2D eigenvalue weighted by Gasteiger charge is -2.08. The molecule has 0 fully saturated rings. The summed E-state index contributed by atoms with van der Waals surface area (Å²) in [5.41, 5.74) is 4.48. The van der Waals surface area contributed by atoms with E-state index in [0.717, 1.165) is 15.6 Å². The minimum Gasteiger partial charge on any atom is -0.465 e. The predicted molar refractivity (Wildman–Crippen MR) is 122 cm³/mol. The molecule has 150 valence electrons. The van der Waals surface area contributed by atoms with E-state index in [1.54, 1.807) is 24.3 Å². The van der Waals surface area contributed by atoms with Crippen molar-refractivity contribution >= 4 is 39.0 Å². The first kappa shape index (κ1) is 19.9. The number of ether oxygens (including phenoxy) is 1. The maximum atomic E-state index is 13.1. The van der Waals surface area contributed by atoms with Crippen LogP contribution >= 0.6 is 11.3 Å². The van der Waals surface area contributed by atoms with Crippen LogP contribution < -0.4 is 5.32 Å². The Morgan fingerprint density at radius 1 is 0.933 bits per heavy atom. The SMILES string of the molecule is COC(=O)c1ccc(NC(=O)c2sc3ccccc3c2Cc2ccc(C)cc2)cc1. The van der Waals surface area contributed by atoms with Crippen molar-refractivity contribution in [2.45, 2.75) is 13.3 Å². The lowest BCUT2D eigenvalue weighted by atomic mass is 10.0. The van der Waals surface area contributed by atoms with E-state index in [-0.39, 0.29) is 5.91 Å². The number of anilines is 1. The van der Waals surface area contributed by atoms with Crippen LogP contribution in [0.15, 0.2) is 72.8 Å². The summed E-state index contributed by atoms with van der Waals surface area (Å²) in [5.74, 6) is -0.554. The van der Waals surface area contributed by atoms with Crippen LogP contribution in [-0.4, -0.2) is 19.0 Å². The van der Waals surface area contributed by atoms with Crippen molar-refractivity contribution in [3.05, 3.63) is 99.9 Å². The first-order chi connectivity index (χ1) is 14.5. The van der Waals surface area contributed by atoms with E-state index in [1.165, 1.54) is 29.6 Å². The quantitative estimate of drug-likeness (QED) is 0.417. The van der Waals surface area contributed by atoms with Crippen molar-refractivity contribution in [3.8, 4) is 0 Å². The number of carbonyl (C=O) groups is 2. The lowest BCUT2D eigenvalue weighted by Crippen LogP contribution is -2.12. The number of hydrogen-bond acceptors (Lipinski definition) is 4. The average molecular weight is 416 g/mol. The van der Waals surface area contributed by atoms with Gasteiger partial charge in [0.2, 0.25) is 0 Å². The van der Waals surface area contributed by atoms with E-state index in [1.807, 2.05) is 18.2 Å². The Labute approximate surface area is 179 Å². The highest BCUT2D eigenvalue weighted by Gasteiger charge is 2.19. The maximum Gasteiger partial charge on any atom is 0.337 e. The molecule has 0 saturated carbocycles. The zero-order valence-electron chi connectivity index (χ0n) is 16.8. The van der Waals surface area contributed by atoms with Gasteiger partial charge in [0, 0.05) is 10.4 Å². The average Bonchev–Trinajstić information content (AvgIpc) is 3.14.